The third-order valence-corrected chi connectivity index (χ3v) is 7.71. The van der Waals surface area contributed by atoms with Crippen LogP contribution in [0, 0.1) is 23.1 Å². The summed E-state index contributed by atoms with van der Waals surface area (Å²) >= 11 is 0. The first kappa shape index (κ1) is 31.7. The Bertz CT molecular complexity index is 1750. The summed E-state index contributed by atoms with van der Waals surface area (Å²) in [5.41, 5.74) is -0.699. The van der Waals surface area contributed by atoms with E-state index in [1.165, 1.54) is 35.6 Å². The van der Waals surface area contributed by atoms with Gasteiger partial charge >= 0.3 is 0 Å². The molecule has 0 bridgehead atoms. The van der Waals surface area contributed by atoms with Crippen molar-refractivity contribution >= 4 is 17.6 Å². The standard InChI is InChI=1S/C32H33F3N6O4/c1-17(2)45-27-11-22(28-23(7-19(12-36)9-25(28)33)31(44)41-15-32(34,35)16-41)10-26(38-27)39-29(42)24-8-20(14-40(4)30(24)43)13-37-18(3)21-5-6-21/h7-11,14,17-18,21,37H,5-6,13,15-16H2,1-4H3,(H,38,39,42)/t18-/m0/s1. The van der Waals surface area contributed by atoms with Crippen molar-refractivity contribution in [2.45, 2.75) is 58.2 Å². The van der Waals surface area contributed by atoms with Gasteiger partial charge in [-0.15, -0.1) is 0 Å². The van der Waals surface area contributed by atoms with Crippen LogP contribution in [0.15, 0.2) is 41.3 Å². The molecule has 0 spiro atoms. The number of pyridine rings is 2. The molecule has 0 unspecified atom stereocenters. The first-order valence-corrected chi connectivity index (χ1v) is 14.6. The molecule has 1 atom stereocenters. The minimum absolute atomic E-state index is 0.0321. The third kappa shape index (κ3) is 7.17. The number of hydrogen-bond donors (Lipinski definition) is 2. The molecule has 1 aliphatic heterocycles. The largest absolute Gasteiger partial charge is 0.475 e. The van der Waals surface area contributed by atoms with Crippen LogP contribution < -0.4 is 20.9 Å². The first-order chi connectivity index (χ1) is 21.2. The van der Waals surface area contributed by atoms with E-state index in [2.05, 4.69) is 22.5 Å². The number of hydrogen-bond acceptors (Lipinski definition) is 7. The molecule has 5 rings (SSSR count). The SMILES string of the molecule is CC(C)Oc1cc(-c2c(F)cc(C#N)cc2C(=O)N2CC(F)(F)C2)cc(NC(=O)c2cc(CN[C@@H](C)C3CC3)cn(C)c2=O)n1. The number of ether oxygens (including phenoxy) is 1. The van der Waals surface area contributed by atoms with E-state index in [-0.39, 0.29) is 45.6 Å². The van der Waals surface area contributed by atoms with Gasteiger partial charge in [-0.3, -0.25) is 14.4 Å². The highest BCUT2D eigenvalue weighted by atomic mass is 19.3. The summed E-state index contributed by atoms with van der Waals surface area (Å²) in [6, 6.07) is 8.25. The zero-order valence-electron chi connectivity index (χ0n) is 25.3. The Kier molecular flexibility index (Phi) is 8.71. The Morgan fingerprint density at radius 1 is 1.13 bits per heavy atom. The molecule has 1 aliphatic carbocycles. The van der Waals surface area contributed by atoms with Crippen molar-refractivity contribution in [3.63, 3.8) is 0 Å². The second kappa shape index (κ2) is 12.4. The molecule has 2 aliphatic rings. The van der Waals surface area contributed by atoms with E-state index >= 15 is 4.39 Å². The predicted molar refractivity (Wildman–Crippen MR) is 160 cm³/mol. The predicted octanol–water partition coefficient (Wildman–Crippen LogP) is 4.48. The Hall–Kier alpha value is -4.70. The molecule has 1 aromatic carbocycles. The molecule has 236 valence electrons. The summed E-state index contributed by atoms with van der Waals surface area (Å²) in [5, 5.41) is 15.4. The summed E-state index contributed by atoms with van der Waals surface area (Å²) in [6.07, 6.45) is 3.60. The fraction of sp³-hybridized carbons (Fsp3) is 0.406. The molecule has 3 heterocycles. The van der Waals surface area contributed by atoms with Gasteiger partial charge in [0.1, 0.15) is 17.2 Å². The normalized spacial score (nSPS) is 16.1. The molecular formula is C32H33F3N6O4. The maximum absolute atomic E-state index is 15.6. The van der Waals surface area contributed by atoms with Crippen LogP contribution in [0.4, 0.5) is 19.0 Å². The Morgan fingerprint density at radius 2 is 1.84 bits per heavy atom. The third-order valence-electron chi connectivity index (χ3n) is 7.71. The fourth-order valence-corrected chi connectivity index (χ4v) is 5.24. The number of nitrogens with one attached hydrogen (secondary N) is 2. The van der Waals surface area contributed by atoms with Gasteiger partial charge in [0.15, 0.2) is 0 Å². The number of benzene rings is 1. The van der Waals surface area contributed by atoms with Gasteiger partial charge in [-0.2, -0.15) is 10.2 Å². The summed E-state index contributed by atoms with van der Waals surface area (Å²) in [5.74, 6) is -5.21. The van der Waals surface area contributed by atoms with Gasteiger partial charge in [-0.05, 0) is 74.9 Å². The van der Waals surface area contributed by atoms with Crippen LogP contribution in [0.2, 0.25) is 0 Å². The smallest absolute Gasteiger partial charge is 0.282 e. The number of nitriles is 1. The first-order valence-electron chi connectivity index (χ1n) is 14.6. The van der Waals surface area contributed by atoms with Crippen LogP contribution in [0.3, 0.4) is 0 Å². The fourth-order valence-electron chi connectivity index (χ4n) is 5.24. The van der Waals surface area contributed by atoms with E-state index in [1.807, 2.05) is 0 Å². The summed E-state index contributed by atoms with van der Waals surface area (Å²) in [4.78, 5) is 44.8. The van der Waals surface area contributed by atoms with Crippen LogP contribution in [0.25, 0.3) is 11.1 Å². The molecule has 45 heavy (non-hydrogen) atoms. The van der Waals surface area contributed by atoms with Gasteiger partial charge < -0.3 is 24.8 Å². The van der Waals surface area contributed by atoms with Crippen molar-refractivity contribution in [2.24, 2.45) is 13.0 Å². The Balaban J connectivity index is 1.51. The summed E-state index contributed by atoms with van der Waals surface area (Å²) in [7, 11) is 1.54. The highest BCUT2D eigenvalue weighted by Gasteiger charge is 2.47. The molecule has 1 saturated heterocycles. The van der Waals surface area contributed by atoms with Crippen molar-refractivity contribution in [1.82, 2.24) is 19.8 Å². The lowest BCUT2D eigenvalue weighted by Crippen LogP contribution is -2.58. The molecular weight excluding hydrogens is 589 g/mol. The number of aryl methyl sites for hydroxylation is 1. The van der Waals surface area contributed by atoms with Gasteiger partial charge in [-0.25, -0.2) is 13.2 Å². The monoisotopic (exact) mass is 622 g/mol. The Labute approximate surface area is 257 Å². The zero-order chi connectivity index (χ0) is 32.6. The van der Waals surface area contributed by atoms with E-state index in [0.29, 0.717) is 18.5 Å². The van der Waals surface area contributed by atoms with Crippen molar-refractivity contribution in [3.05, 3.63) is 75.0 Å². The average Bonchev–Trinajstić information content (AvgIpc) is 3.80. The molecule has 2 fully saturated rings. The molecule has 13 heteroatoms. The number of rotatable bonds is 10. The van der Waals surface area contributed by atoms with E-state index in [9.17, 15) is 28.4 Å². The van der Waals surface area contributed by atoms with E-state index in [4.69, 9.17) is 4.74 Å². The highest BCUT2D eigenvalue weighted by Crippen LogP contribution is 2.36. The average molecular weight is 623 g/mol. The quantitative estimate of drug-likeness (QED) is 0.341. The van der Waals surface area contributed by atoms with Gasteiger partial charge in [0.05, 0.1) is 36.4 Å². The van der Waals surface area contributed by atoms with Gasteiger partial charge in [0, 0.05) is 37.5 Å². The van der Waals surface area contributed by atoms with Gasteiger partial charge in [-0.1, -0.05) is 0 Å². The van der Waals surface area contributed by atoms with Crippen molar-refractivity contribution in [3.8, 4) is 23.1 Å². The highest BCUT2D eigenvalue weighted by molar-refractivity contribution is 6.05. The number of amides is 2. The minimum Gasteiger partial charge on any atom is -0.475 e. The molecule has 1 saturated carbocycles. The van der Waals surface area contributed by atoms with E-state index < -0.39 is 42.2 Å². The van der Waals surface area contributed by atoms with Gasteiger partial charge in [0.2, 0.25) is 5.88 Å². The number of alkyl halides is 2. The number of aromatic nitrogens is 2. The maximum atomic E-state index is 15.6. The van der Waals surface area contributed by atoms with Crippen LogP contribution in [0.1, 0.15) is 65.5 Å². The number of carbonyl (C=O) groups is 2. The minimum atomic E-state index is -3.06. The number of likely N-dealkylation sites (tertiary alicyclic amines) is 1. The number of carbonyl (C=O) groups excluding carboxylic acids is 2. The number of nitrogens with zero attached hydrogens (tertiary/aromatic N) is 4. The van der Waals surface area contributed by atoms with E-state index in [0.717, 1.165) is 22.6 Å². The molecule has 0 radical (unpaired) electrons. The number of anilines is 1. The molecule has 10 nitrogen and oxygen atoms in total. The topological polar surface area (TPSA) is 129 Å². The molecule has 3 aromatic rings. The van der Waals surface area contributed by atoms with Crippen molar-refractivity contribution in [2.75, 3.05) is 18.4 Å². The molecule has 2 amide bonds. The number of halogens is 3. The second-order valence-electron chi connectivity index (χ2n) is 11.9. The van der Waals surface area contributed by atoms with Crippen LogP contribution in [-0.2, 0) is 13.6 Å². The zero-order valence-corrected chi connectivity index (χ0v) is 25.3. The maximum Gasteiger partial charge on any atom is 0.282 e. The summed E-state index contributed by atoms with van der Waals surface area (Å²) < 4.78 is 49.8. The van der Waals surface area contributed by atoms with Crippen molar-refractivity contribution in [1.29, 1.82) is 5.26 Å². The van der Waals surface area contributed by atoms with Gasteiger partial charge in [0.25, 0.3) is 23.3 Å². The van der Waals surface area contributed by atoms with E-state index in [1.54, 1.807) is 33.2 Å². The lowest BCUT2D eigenvalue weighted by molar-refractivity contribution is -0.113. The molecule has 2 aromatic heterocycles. The lowest BCUT2D eigenvalue weighted by Gasteiger charge is -2.39. The lowest BCUT2D eigenvalue weighted by atomic mass is 9.95. The summed E-state index contributed by atoms with van der Waals surface area (Å²) in [6.45, 7) is 4.31. The molecule has 2 N–H and O–H groups in total. The van der Waals surface area contributed by atoms with Crippen LogP contribution in [-0.4, -0.2) is 57.4 Å². The second-order valence-corrected chi connectivity index (χ2v) is 11.9. The van der Waals surface area contributed by atoms with Crippen LogP contribution >= 0.6 is 0 Å². The van der Waals surface area contributed by atoms with Crippen molar-refractivity contribution < 1.29 is 27.5 Å². The Morgan fingerprint density at radius 3 is 2.47 bits per heavy atom. The van der Waals surface area contributed by atoms with Crippen LogP contribution in [0.5, 0.6) is 5.88 Å².